The number of aromatic nitrogens is 1. The van der Waals surface area contributed by atoms with Gasteiger partial charge in [0, 0.05) is 57.6 Å². The maximum Gasteiger partial charge on any atom is 0.416 e. The quantitative estimate of drug-likeness (QED) is 0.655. The molecule has 33 heavy (non-hydrogen) atoms. The lowest BCUT2D eigenvalue weighted by atomic mass is 10.1. The number of carbonyl (C=O) groups is 1. The van der Waals surface area contributed by atoms with Crippen molar-refractivity contribution in [3.05, 3.63) is 53.9 Å². The summed E-state index contributed by atoms with van der Waals surface area (Å²) in [5.74, 6) is -0.158. The van der Waals surface area contributed by atoms with E-state index in [1.807, 2.05) is 10.8 Å². The van der Waals surface area contributed by atoms with Crippen LogP contribution in [0.25, 0.3) is 0 Å². The minimum absolute atomic E-state index is 0.0612. The summed E-state index contributed by atoms with van der Waals surface area (Å²) in [4.78, 5) is 16.7. The van der Waals surface area contributed by atoms with E-state index in [9.17, 15) is 26.4 Å². The number of alkyl halides is 3. The number of fused-ring (bicyclic) bond motifs is 1. The molecule has 2 aliphatic heterocycles. The van der Waals surface area contributed by atoms with Crippen LogP contribution in [-0.4, -0.2) is 72.3 Å². The van der Waals surface area contributed by atoms with E-state index in [1.54, 1.807) is 17.0 Å². The fourth-order valence-corrected chi connectivity index (χ4v) is 6.15. The molecule has 1 amide bonds. The average molecular weight is 485 g/mol. The van der Waals surface area contributed by atoms with Crippen LogP contribution in [0.3, 0.4) is 0 Å². The summed E-state index contributed by atoms with van der Waals surface area (Å²) in [7, 11) is -4.26. The monoisotopic (exact) mass is 484 g/mol. The van der Waals surface area contributed by atoms with Crippen molar-refractivity contribution in [3.63, 3.8) is 0 Å². The van der Waals surface area contributed by atoms with E-state index in [2.05, 4.69) is 11.8 Å². The third-order valence-corrected chi connectivity index (χ3v) is 8.33. The Morgan fingerprint density at radius 2 is 1.76 bits per heavy atom. The highest BCUT2D eigenvalue weighted by Gasteiger charge is 2.40. The predicted octanol–water partition coefficient (Wildman–Crippen LogP) is 2.81. The van der Waals surface area contributed by atoms with E-state index in [4.69, 9.17) is 0 Å². The van der Waals surface area contributed by atoms with E-state index in [0.29, 0.717) is 31.4 Å². The van der Waals surface area contributed by atoms with Gasteiger partial charge in [0.25, 0.3) is 0 Å². The predicted molar refractivity (Wildman–Crippen MR) is 116 cm³/mol. The Morgan fingerprint density at radius 3 is 2.42 bits per heavy atom. The first kappa shape index (κ1) is 23.8. The minimum atomic E-state index is -4.65. The molecular formula is C22H27F3N4O3S. The molecule has 1 fully saturated rings. The second-order valence-electron chi connectivity index (χ2n) is 8.30. The zero-order valence-electron chi connectivity index (χ0n) is 18.3. The van der Waals surface area contributed by atoms with Gasteiger partial charge in [0.2, 0.25) is 15.9 Å². The number of rotatable bonds is 5. The summed E-state index contributed by atoms with van der Waals surface area (Å²) in [5, 5.41) is 0. The van der Waals surface area contributed by atoms with E-state index < -0.39 is 32.7 Å². The first-order valence-corrected chi connectivity index (χ1v) is 12.4. The van der Waals surface area contributed by atoms with Gasteiger partial charge in [0.1, 0.15) is 0 Å². The molecule has 1 atom stereocenters. The largest absolute Gasteiger partial charge is 0.416 e. The van der Waals surface area contributed by atoms with E-state index in [1.165, 1.54) is 10.4 Å². The molecule has 3 heterocycles. The number of sulfonamides is 1. The number of halogens is 3. The summed E-state index contributed by atoms with van der Waals surface area (Å²) in [6.07, 6.45) is -2.90. The highest BCUT2D eigenvalue weighted by atomic mass is 32.2. The summed E-state index contributed by atoms with van der Waals surface area (Å²) in [6, 6.07) is 6.53. The van der Waals surface area contributed by atoms with Crippen molar-refractivity contribution in [2.75, 3.05) is 39.3 Å². The molecule has 2 aromatic rings. The second-order valence-corrected chi connectivity index (χ2v) is 10.2. The Bertz CT molecular complexity index is 1110. The first-order valence-electron chi connectivity index (χ1n) is 11.0. The molecule has 1 aromatic heterocycles. The summed E-state index contributed by atoms with van der Waals surface area (Å²) in [6.45, 7) is 6.06. The SMILES string of the molecule is CCN1CCN(C(=O)CC2c3cccn3CCN2S(=O)(=O)c2cccc(C(F)(F)F)c2)CC1. The van der Waals surface area contributed by atoms with Gasteiger partial charge in [-0.25, -0.2) is 8.42 Å². The third kappa shape index (κ3) is 4.80. The molecule has 180 valence electrons. The van der Waals surface area contributed by atoms with Crippen LogP contribution >= 0.6 is 0 Å². The molecule has 4 rings (SSSR count). The molecule has 1 aromatic carbocycles. The lowest BCUT2D eigenvalue weighted by Crippen LogP contribution is -2.50. The minimum Gasteiger partial charge on any atom is -0.349 e. The number of hydrogen-bond donors (Lipinski definition) is 0. The van der Waals surface area contributed by atoms with Crippen molar-refractivity contribution < 1.29 is 26.4 Å². The van der Waals surface area contributed by atoms with Gasteiger partial charge in [-0.2, -0.15) is 17.5 Å². The van der Waals surface area contributed by atoms with E-state index >= 15 is 0 Å². The van der Waals surface area contributed by atoms with Crippen molar-refractivity contribution >= 4 is 15.9 Å². The van der Waals surface area contributed by atoms with Gasteiger partial charge >= 0.3 is 6.18 Å². The zero-order valence-corrected chi connectivity index (χ0v) is 19.1. The highest BCUT2D eigenvalue weighted by Crippen LogP contribution is 2.36. The van der Waals surface area contributed by atoms with Gasteiger partial charge in [-0.15, -0.1) is 0 Å². The van der Waals surface area contributed by atoms with Crippen LogP contribution in [0.2, 0.25) is 0 Å². The smallest absolute Gasteiger partial charge is 0.349 e. The number of hydrogen-bond acceptors (Lipinski definition) is 4. The van der Waals surface area contributed by atoms with Gasteiger partial charge in [0.05, 0.1) is 16.5 Å². The second kappa shape index (κ2) is 9.11. The van der Waals surface area contributed by atoms with Crippen molar-refractivity contribution in [2.24, 2.45) is 0 Å². The fraction of sp³-hybridized carbons (Fsp3) is 0.500. The molecule has 2 aliphatic rings. The third-order valence-electron chi connectivity index (χ3n) is 6.42. The van der Waals surface area contributed by atoms with Crippen LogP contribution in [0.5, 0.6) is 0 Å². The van der Waals surface area contributed by atoms with E-state index in [-0.39, 0.29) is 18.9 Å². The topological polar surface area (TPSA) is 65.9 Å². The van der Waals surface area contributed by atoms with Crippen LogP contribution in [-0.2, 0) is 27.5 Å². The maximum absolute atomic E-state index is 13.5. The molecule has 0 aliphatic carbocycles. The summed E-state index contributed by atoms with van der Waals surface area (Å²) < 4.78 is 69.6. The number of piperazine rings is 1. The summed E-state index contributed by atoms with van der Waals surface area (Å²) in [5.41, 5.74) is -0.359. The normalized spacial score (nSPS) is 20.6. The molecule has 0 N–H and O–H groups in total. The Morgan fingerprint density at radius 1 is 1.03 bits per heavy atom. The van der Waals surface area contributed by atoms with Crippen molar-refractivity contribution in [1.82, 2.24) is 18.7 Å². The van der Waals surface area contributed by atoms with Crippen LogP contribution in [0.1, 0.15) is 30.6 Å². The Balaban J connectivity index is 1.62. The van der Waals surface area contributed by atoms with Gasteiger partial charge in [0.15, 0.2) is 0 Å². The number of benzene rings is 1. The molecule has 0 radical (unpaired) electrons. The Hall–Kier alpha value is -2.37. The first-order chi connectivity index (χ1) is 15.6. The average Bonchev–Trinajstić information content (AvgIpc) is 3.28. The van der Waals surface area contributed by atoms with Gasteiger partial charge in [-0.3, -0.25) is 4.79 Å². The number of nitrogens with zero attached hydrogens (tertiary/aromatic N) is 4. The molecular weight excluding hydrogens is 457 g/mol. The van der Waals surface area contributed by atoms with Crippen molar-refractivity contribution in [1.29, 1.82) is 0 Å². The van der Waals surface area contributed by atoms with Crippen LogP contribution in [0, 0.1) is 0 Å². The van der Waals surface area contributed by atoms with Gasteiger partial charge in [-0.1, -0.05) is 13.0 Å². The molecule has 0 bridgehead atoms. The van der Waals surface area contributed by atoms with Gasteiger partial charge in [-0.05, 0) is 36.9 Å². The number of likely N-dealkylation sites (N-methyl/N-ethyl adjacent to an activating group) is 1. The highest BCUT2D eigenvalue weighted by molar-refractivity contribution is 7.89. The molecule has 0 spiro atoms. The Kier molecular flexibility index (Phi) is 6.56. The van der Waals surface area contributed by atoms with Crippen molar-refractivity contribution in [3.8, 4) is 0 Å². The van der Waals surface area contributed by atoms with Crippen molar-refractivity contribution in [2.45, 2.75) is 37.0 Å². The molecule has 0 saturated carbocycles. The molecule has 11 heteroatoms. The van der Waals surface area contributed by atoms with E-state index in [0.717, 1.165) is 31.8 Å². The molecule has 1 unspecified atom stereocenters. The van der Waals surface area contributed by atoms with Crippen LogP contribution in [0.4, 0.5) is 13.2 Å². The van der Waals surface area contributed by atoms with Crippen LogP contribution < -0.4 is 0 Å². The maximum atomic E-state index is 13.5. The van der Waals surface area contributed by atoms with Gasteiger partial charge < -0.3 is 14.4 Å². The van der Waals surface area contributed by atoms with Crippen LogP contribution in [0.15, 0.2) is 47.5 Å². The molecule has 7 nitrogen and oxygen atoms in total. The Labute approximate surface area is 191 Å². The number of carbonyl (C=O) groups excluding carboxylic acids is 1. The summed E-state index contributed by atoms with van der Waals surface area (Å²) >= 11 is 0. The zero-order chi connectivity index (χ0) is 23.8. The standard InChI is InChI=1S/C22H27F3N4O3S/c1-2-26-9-11-28(12-10-26)21(30)16-20-19-7-4-8-27(19)13-14-29(20)33(31,32)18-6-3-5-17(15-18)22(23,24)25/h3-8,15,20H,2,9-14,16H2,1H3. The lowest BCUT2D eigenvalue weighted by molar-refractivity contribution is -0.137. The number of amides is 1. The fourth-order valence-electron chi connectivity index (χ4n) is 4.51. The molecule has 1 saturated heterocycles. The lowest BCUT2D eigenvalue weighted by Gasteiger charge is -2.38.